The van der Waals surface area contributed by atoms with Gasteiger partial charge in [0.1, 0.15) is 11.5 Å². The Balaban J connectivity index is 1.83. The molecular formula is C26H24ClN5. The van der Waals surface area contributed by atoms with Crippen LogP contribution in [0.15, 0.2) is 95.2 Å². The monoisotopic (exact) mass is 441 g/mol. The van der Waals surface area contributed by atoms with Crippen LogP contribution in [0.25, 0.3) is 0 Å². The Morgan fingerprint density at radius 1 is 0.875 bits per heavy atom. The summed E-state index contributed by atoms with van der Waals surface area (Å²) in [6.07, 6.45) is 0.761. The minimum Gasteiger partial charge on any atom is -0.384 e. The van der Waals surface area contributed by atoms with Gasteiger partial charge in [0.25, 0.3) is 0 Å². The van der Waals surface area contributed by atoms with Crippen molar-refractivity contribution >= 4 is 34.6 Å². The summed E-state index contributed by atoms with van der Waals surface area (Å²) in [5.74, 6) is 0.584. The van der Waals surface area contributed by atoms with Crippen LogP contribution in [0.2, 0.25) is 5.02 Å². The van der Waals surface area contributed by atoms with Crippen molar-refractivity contribution in [3.8, 4) is 0 Å². The zero-order chi connectivity index (χ0) is 22.5. The molecule has 0 aliphatic heterocycles. The number of hydrogen-bond acceptors (Lipinski definition) is 5. The molecule has 0 saturated carbocycles. The van der Waals surface area contributed by atoms with Crippen LogP contribution in [-0.4, -0.2) is 4.98 Å². The molecule has 5 nitrogen and oxygen atoms in total. The molecule has 0 bridgehead atoms. The topological polar surface area (TPSA) is 89.6 Å². The normalized spacial score (nSPS) is 12.2. The van der Waals surface area contributed by atoms with Crippen LogP contribution in [0.4, 0.5) is 23.0 Å². The van der Waals surface area contributed by atoms with E-state index in [9.17, 15) is 0 Å². The molecule has 6 heteroatoms. The maximum absolute atomic E-state index is 6.28. The average Bonchev–Trinajstić information content (AvgIpc) is 2.78. The van der Waals surface area contributed by atoms with E-state index in [2.05, 4.69) is 58.5 Å². The molecule has 1 heterocycles. The van der Waals surface area contributed by atoms with Crippen LogP contribution < -0.4 is 11.5 Å². The zero-order valence-electron chi connectivity index (χ0n) is 17.7. The fraction of sp³-hybridized carbons (Fsp3) is 0.115. The first-order chi connectivity index (χ1) is 15.5. The van der Waals surface area contributed by atoms with Gasteiger partial charge < -0.3 is 11.5 Å². The number of halogens is 1. The van der Waals surface area contributed by atoms with Crippen molar-refractivity contribution in [1.29, 1.82) is 0 Å². The van der Waals surface area contributed by atoms with Crippen molar-refractivity contribution < 1.29 is 0 Å². The molecule has 0 saturated heterocycles. The number of rotatable bonds is 6. The Morgan fingerprint density at radius 2 is 1.62 bits per heavy atom. The molecule has 1 aromatic heterocycles. The van der Waals surface area contributed by atoms with E-state index in [4.69, 9.17) is 23.1 Å². The number of nitrogen functional groups attached to an aromatic ring is 2. The predicted molar refractivity (Wildman–Crippen MR) is 132 cm³/mol. The first-order valence-electron chi connectivity index (χ1n) is 10.3. The number of pyridine rings is 1. The summed E-state index contributed by atoms with van der Waals surface area (Å²) in [6.45, 7) is 2.08. The first kappa shape index (κ1) is 21.5. The van der Waals surface area contributed by atoms with Gasteiger partial charge in [-0.25, -0.2) is 4.98 Å². The lowest BCUT2D eigenvalue weighted by atomic mass is 9.84. The van der Waals surface area contributed by atoms with Gasteiger partial charge in [0, 0.05) is 10.9 Å². The molecule has 0 spiro atoms. The summed E-state index contributed by atoms with van der Waals surface area (Å²) < 4.78 is 0. The van der Waals surface area contributed by atoms with Crippen LogP contribution in [0.3, 0.4) is 0 Å². The van der Waals surface area contributed by atoms with Crippen molar-refractivity contribution in [2.45, 2.75) is 19.3 Å². The van der Waals surface area contributed by atoms with E-state index in [1.54, 1.807) is 24.3 Å². The molecule has 32 heavy (non-hydrogen) atoms. The highest BCUT2D eigenvalue weighted by atomic mass is 35.5. The third kappa shape index (κ3) is 5.13. The summed E-state index contributed by atoms with van der Waals surface area (Å²) in [7, 11) is 0. The van der Waals surface area contributed by atoms with E-state index < -0.39 is 0 Å². The molecule has 1 unspecified atom stereocenters. The predicted octanol–water partition coefficient (Wildman–Crippen LogP) is 7.00. The second kappa shape index (κ2) is 9.62. The van der Waals surface area contributed by atoms with E-state index in [1.807, 2.05) is 24.3 Å². The lowest BCUT2D eigenvalue weighted by Gasteiger charge is -2.21. The molecule has 3 aromatic carbocycles. The number of anilines is 2. The molecule has 4 rings (SSSR count). The summed E-state index contributed by atoms with van der Waals surface area (Å²) in [5.41, 5.74) is 18.0. The Labute approximate surface area is 192 Å². The van der Waals surface area contributed by atoms with Gasteiger partial charge >= 0.3 is 0 Å². The number of benzene rings is 3. The molecule has 0 aliphatic carbocycles. The van der Waals surface area contributed by atoms with Crippen molar-refractivity contribution in [2.75, 3.05) is 11.5 Å². The maximum atomic E-state index is 6.28. The highest BCUT2D eigenvalue weighted by molar-refractivity contribution is 6.30. The van der Waals surface area contributed by atoms with E-state index in [0.29, 0.717) is 22.2 Å². The summed E-state index contributed by atoms with van der Waals surface area (Å²) in [4.78, 5) is 4.24. The number of azo groups is 1. The molecule has 4 N–H and O–H groups in total. The first-order valence-corrected chi connectivity index (χ1v) is 10.7. The molecular weight excluding hydrogens is 418 g/mol. The smallest absolute Gasteiger partial charge is 0.154 e. The zero-order valence-corrected chi connectivity index (χ0v) is 18.5. The highest BCUT2D eigenvalue weighted by Crippen LogP contribution is 2.39. The minimum atomic E-state index is -0.0240. The lowest BCUT2D eigenvalue weighted by Crippen LogP contribution is -2.09. The summed E-state index contributed by atoms with van der Waals surface area (Å²) in [5, 5.41) is 9.51. The van der Waals surface area contributed by atoms with Gasteiger partial charge in [-0.3, -0.25) is 0 Å². The third-order valence-electron chi connectivity index (χ3n) is 5.26. The maximum Gasteiger partial charge on any atom is 0.154 e. The average molecular weight is 442 g/mol. The Kier molecular flexibility index (Phi) is 6.47. The second-order valence-electron chi connectivity index (χ2n) is 7.70. The van der Waals surface area contributed by atoms with Crippen molar-refractivity contribution in [3.63, 3.8) is 0 Å². The van der Waals surface area contributed by atoms with Crippen molar-refractivity contribution in [2.24, 2.45) is 10.2 Å². The quantitative estimate of drug-likeness (QED) is 0.315. The van der Waals surface area contributed by atoms with Crippen LogP contribution in [0.5, 0.6) is 0 Å². The fourth-order valence-electron chi connectivity index (χ4n) is 3.73. The van der Waals surface area contributed by atoms with Gasteiger partial charge in [-0.05, 0) is 60.4 Å². The lowest BCUT2D eigenvalue weighted by molar-refractivity contribution is 0.802. The largest absolute Gasteiger partial charge is 0.384 e. The van der Waals surface area contributed by atoms with Crippen molar-refractivity contribution in [1.82, 2.24) is 4.98 Å². The molecule has 0 radical (unpaired) electrons. The number of nitrogens with zero attached hydrogens (tertiary/aromatic N) is 3. The van der Waals surface area contributed by atoms with Gasteiger partial charge in [0.2, 0.25) is 0 Å². The number of hydrogen-bond donors (Lipinski definition) is 2. The molecule has 0 amide bonds. The summed E-state index contributed by atoms with van der Waals surface area (Å²) in [6, 6.07) is 27.8. The minimum absolute atomic E-state index is 0.0240. The van der Waals surface area contributed by atoms with Crippen LogP contribution in [0.1, 0.15) is 28.2 Å². The van der Waals surface area contributed by atoms with Crippen molar-refractivity contribution in [3.05, 3.63) is 112 Å². The van der Waals surface area contributed by atoms with E-state index in [-0.39, 0.29) is 11.7 Å². The fourth-order valence-corrected chi connectivity index (χ4v) is 3.86. The van der Waals surface area contributed by atoms with E-state index in [0.717, 1.165) is 17.5 Å². The third-order valence-corrected chi connectivity index (χ3v) is 5.52. The summed E-state index contributed by atoms with van der Waals surface area (Å²) >= 11 is 5.98. The van der Waals surface area contributed by atoms with E-state index in [1.165, 1.54) is 11.1 Å². The number of aromatic nitrogens is 1. The van der Waals surface area contributed by atoms with Gasteiger partial charge in [-0.15, -0.1) is 5.11 Å². The van der Waals surface area contributed by atoms with Crippen LogP contribution in [-0.2, 0) is 6.42 Å². The number of nitrogens with two attached hydrogens (primary N) is 2. The Hall–Kier alpha value is -3.70. The van der Waals surface area contributed by atoms with Gasteiger partial charge in [-0.1, -0.05) is 71.8 Å². The SMILES string of the molecule is Cc1cccc(C(Cc2ccccc2)c2cc(N)nc(N)c2N=Nc2ccc(Cl)cc2)c1. The van der Waals surface area contributed by atoms with Crippen LogP contribution >= 0.6 is 11.6 Å². The Morgan fingerprint density at radius 3 is 2.34 bits per heavy atom. The molecule has 0 fully saturated rings. The Bertz CT molecular complexity index is 1240. The molecule has 160 valence electrons. The molecule has 0 aliphatic rings. The highest BCUT2D eigenvalue weighted by Gasteiger charge is 2.22. The van der Waals surface area contributed by atoms with Gasteiger partial charge in [-0.2, -0.15) is 5.11 Å². The van der Waals surface area contributed by atoms with Gasteiger partial charge in [0.05, 0.1) is 5.69 Å². The molecule has 4 aromatic rings. The van der Waals surface area contributed by atoms with Crippen LogP contribution in [0, 0.1) is 6.92 Å². The number of aryl methyl sites for hydroxylation is 1. The molecule has 1 atom stereocenters. The standard InChI is InChI=1S/C26H24ClN5/c1-17-6-5-9-19(14-17)22(15-18-7-3-2-4-8-18)23-16-24(28)30-26(29)25(23)32-31-21-12-10-20(27)11-13-21/h2-14,16,22H,15H2,1H3,(H4,28,29,30). The van der Waals surface area contributed by atoms with Gasteiger partial charge in [0.15, 0.2) is 5.82 Å². The van der Waals surface area contributed by atoms with E-state index >= 15 is 0 Å². The second-order valence-corrected chi connectivity index (χ2v) is 8.14.